The van der Waals surface area contributed by atoms with E-state index in [1.54, 1.807) is 12.1 Å². The number of hydrogen-bond donors (Lipinski definition) is 1. The van der Waals surface area contributed by atoms with Gasteiger partial charge in [0.15, 0.2) is 8.32 Å². The van der Waals surface area contributed by atoms with Crippen molar-refractivity contribution in [3.63, 3.8) is 0 Å². The molecule has 5 heteroatoms. The summed E-state index contributed by atoms with van der Waals surface area (Å²) in [5, 5.41) is 10.4. The Hall–Kier alpha value is -2.21. The lowest BCUT2D eigenvalue weighted by Crippen LogP contribution is -2.45. The lowest BCUT2D eigenvalue weighted by atomic mass is 10.0. The predicted molar refractivity (Wildman–Crippen MR) is 127 cm³/mol. The maximum absolute atomic E-state index is 12.6. The fraction of sp³-hybridized carbons (Fsp3) is 0.423. The van der Waals surface area contributed by atoms with Crippen molar-refractivity contribution in [2.24, 2.45) is 5.92 Å². The third-order valence-corrected chi connectivity index (χ3v) is 11.2. The molecule has 0 heterocycles. The van der Waals surface area contributed by atoms with Crippen molar-refractivity contribution < 1.29 is 19.1 Å². The SMILES string of the molecule is C=C1[C@H](O)C[C@H](O[Si](C)(C)C(C)(C)C)[C@H]1COC(=O)c1ccc(-c2ccccc2)cc1. The monoisotopic (exact) mass is 438 g/mol. The van der Waals surface area contributed by atoms with E-state index in [1.165, 1.54) is 0 Å². The first kappa shape index (κ1) is 23.5. The predicted octanol–water partition coefficient (Wildman–Crippen LogP) is 5.84. The number of rotatable bonds is 6. The number of benzene rings is 2. The molecule has 3 atom stereocenters. The Balaban J connectivity index is 1.65. The molecule has 0 aliphatic heterocycles. The van der Waals surface area contributed by atoms with Crippen molar-refractivity contribution in [3.05, 3.63) is 72.3 Å². The first-order valence-corrected chi connectivity index (χ1v) is 13.8. The molecule has 4 nitrogen and oxygen atoms in total. The number of carbonyl (C=O) groups is 1. The molecule has 0 radical (unpaired) electrons. The van der Waals surface area contributed by atoms with E-state index in [1.807, 2.05) is 42.5 Å². The van der Waals surface area contributed by atoms with Gasteiger partial charge in [-0.15, -0.1) is 0 Å². The Morgan fingerprint density at radius 2 is 1.65 bits per heavy atom. The van der Waals surface area contributed by atoms with Gasteiger partial charge in [-0.25, -0.2) is 4.79 Å². The van der Waals surface area contributed by atoms with E-state index in [4.69, 9.17) is 9.16 Å². The van der Waals surface area contributed by atoms with Crippen LogP contribution in [0.5, 0.6) is 0 Å². The van der Waals surface area contributed by atoms with Gasteiger partial charge in [0.05, 0.1) is 17.8 Å². The summed E-state index contributed by atoms with van der Waals surface area (Å²) in [5.74, 6) is -0.573. The van der Waals surface area contributed by atoms with Gasteiger partial charge in [-0.1, -0.05) is 69.8 Å². The molecule has 1 fully saturated rings. The number of esters is 1. The normalized spacial score (nSPS) is 21.9. The summed E-state index contributed by atoms with van der Waals surface area (Å²) < 4.78 is 12.2. The Bertz CT molecular complexity index is 913. The molecule has 31 heavy (non-hydrogen) atoms. The van der Waals surface area contributed by atoms with E-state index in [0.29, 0.717) is 17.6 Å². The van der Waals surface area contributed by atoms with Crippen molar-refractivity contribution in [3.8, 4) is 11.1 Å². The van der Waals surface area contributed by atoms with E-state index in [9.17, 15) is 9.90 Å². The van der Waals surface area contributed by atoms with Gasteiger partial charge in [-0.05, 0) is 47.0 Å². The molecule has 0 amide bonds. The third-order valence-electron chi connectivity index (χ3n) is 6.68. The molecule has 166 valence electrons. The van der Waals surface area contributed by atoms with Crippen molar-refractivity contribution in [1.29, 1.82) is 0 Å². The highest BCUT2D eigenvalue weighted by Gasteiger charge is 2.45. The maximum atomic E-state index is 12.6. The first-order chi connectivity index (χ1) is 14.5. The molecule has 2 aromatic rings. The average Bonchev–Trinajstić information content (AvgIpc) is 2.98. The second kappa shape index (κ2) is 9.11. The van der Waals surface area contributed by atoms with Gasteiger partial charge < -0.3 is 14.3 Å². The van der Waals surface area contributed by atoms with Crippen molar-refractivity contribution in [2.45, 2.75) is 57.5 Å². The lowest BCUT2D eigenvalue weighted by molar-refractivity contribution is 0.0360. The Morgan fingerprint density at radius 1 is 1.06 bits per heavy atom. The maximum Gasteiger partial charge on any atom is 0.338 e. The summed E-state index contributed by atoms with van der Waals surface area (Å²) in [7, 11) is -2.02. The van der Waals surface area contributed by atoms with Crippen LogP contribution in [0.1, 0.15) is 37.6 Å². The minimum Gasteiger partial charge on any atom is -0.461 e. The van der Waals surface area contributed by atoms with Crippen LogP contribution in [0.2, 0.25) is 18.1 Å². The molecule has 0 bridgehead atoms. The quantitative estimate of drug-likeness (QED) is 0.350. The zero-order valence-electron chi connectivity index (χ0n) is 19.2. The summed E-state index contributed by atoms with van der Waals surface area (Å²) in [6, 6.07) is 17.4. The third kappa shape index (κ3) is 5.35. The highest BCUT2D eigenvalue weighted by molar-refractivity contribution is 6.74. The Labute approximate surface area is 187 Å². The number of aliphatic hydroxyl groups is 1. The number of aliphatic hydroxyl groups excluding tert-OH is 1. The van der Waals surface area contributed by atoms with Crippen LogP contribution in [0.15, 0.2) is 66.7 Å². The van der Waals surface area contributed by atoms with Gasteiger partial charge in [0.2, 0.25) is 0 Å². The van der Waals surface area contributed by atoms with Crippen LogP contribution in [0.3, 0.4) is 0 Å². The lowest BCUT2D eigenvalue weighted by Gasteiger charge is -2.39. The Kier molecular flexibility index (Phi) is 6.89. The molecule has 3 rings (SSSR count). The average molecular weight is 439 g/mol. The van der Waals surface area contributed by atoms with Crippen molar-refractivity contribution in [2.75, 3.05) is 6.61 Å². The zero-order chi connectivity index (χ0) is 22.8. The molecule has 0 spiro atoms. The second-order valence-electron chi connectivity index (χ2n) is 9.89. The number of hydrogen-bond acceptors (Lipinski definition) is 4. The fourth-order valence-electron chi connectivity index (χ4n) is 3.60. The minimum absolute atomic E-state index is 0.0591. The summed E-state index contributed by atoms with van der Waals surface area (Å²) in [5.41, 5.74) is 3.35. The molecule has 0 saturated heterocycles. The minimum atomic E-state index is -2.02. The molecule has 1 aliphatic rings. The topological polar surface area (TPSA) is 55.8 Å². The first-order valence-electron chi connectivity index (χ1n) is 10.9. The molecule has 1 aliphatic carbocycles. The van der Waals surface area contributed by atoms with Gasteiger partial charge >= 0.3 is 5.97 Å². The molecule has 2 aromatic carbocycles. The summed E-state index contributed by atoms with van der Waals surface area (Å²) >= 11 is 0. The number of ether oxygens (including phenoxy) is 1. The van der Waals surface area contributed by atoms with Gasteiger partial charge in [0.25, 0.3) is 0 Å². The highest BCUT2D eigenvalue weighted by atomic mass is 28.4. The second-order valence-corrected chi connectivity index (χ2v) is 14.6. The molecular weight excluding hydrogens is 404 g/mol. The molecule has 1 N–H and O–H groups in total. The summed E-state index contributed by atoms with van der Waals surface area (Å²) in [6.07, 6.45) is -0.306. The van der Waals surface area contributed by atoms with Gasteiger partial charge in [0, 0.05) is 12.3 Å². The van der Waals surface area contributed by atoms with E-state index in [0.717, 1.165) is 11.1 Å². The van der Waals surface area contributed by atoms with Crippen LogP contribution in [-0.2, 0) is 9.16 Å². The summed E-state index contributed by atoms with van der Waals surface area (Å²) in [4.78, 5) is 12.6. The largest absolute Gasteiger partial charge is 0.461 e. The smallest absolute Gasteiger partial charge is 0.338 e. The number of carbonyl (C=O) groups excluding carboxylic acids is 1. The standard InChI is InChI=1S/C26H34O4Si/c1-18-22(24(16-23(18)27)30-31(5,6)26(2,3)4)17-29-25(28)21-14-12-20(13-15-21)19-10-8-7-9-11-19/h7-15,22-24,27H,1,16-17H2,2-6H3/t22-,23+,24-/m0/s1. The van der Waals surface area contributed by atoms with E-state index >= 15 is 0 Å². The van der Waals surface area contributed by atoms with E-state index in [2.05, 4.69) is 40.4 Å². The van der Waals surface area contributed by atoms with Crippen LogP contribution in [-0.4, -0.2) is 38.2 Å². The van der Waals surface area contributed by atoms with Gasteiger partial charge in [0.1, 0.15) is 6.61 Å². The highest BCUT2D eigenvalue weighted by Crippen LogP contribution is 2.42. The molecule has 0 aromatic heterocycles. The van der Waals surface area contributed by atoms with Crippen molar-refractivity contribution >= 4 is 14.3 Å². The van der Waals surface area contributed by atoms with Crippen LogP contribution in [0.25, 0.3) is 11.1 Å². The van der Waals surface area contributed by atoms with Gasteiger partial charge in [-0.3, -0.25) is 0 Å². The van der Waals surface area contributed by atoms with Crippen LogP contribution in [0, 0.1) is 5.92 Å². The Morgan fingerprint density at radius 3 is 2.23 bits per heavy atom. The summed E-state index contributed by atoms with van der Waals surface area (Å²) in [6.45, 7) is 15.2. The van der Waals surface area contributed by atoms with Crippen LogP contribution in [0.4, 0.5) is 0 Å². The van der Waals surface area contributed by atoms with Crippen LogP contribution < -0.4 is 0 Å². The van der Waals surface area contributed by atoms with E-state index < -0.39 is 14.4 Å². The zero-order valence-corrected chi connectivity index (χ0v) is 20.2. The van der Waals surface area contributed by atoms with Crippen LogP contribution >= 0.6 is 0 Å². The van der Waals surface area contributed by atoms with Crippen molar-refractivity contribution in [1.82, 2.24) is 0 Å². The van der Waals surface area contributed by atoms with E-state index in [-0.39, 0.29) is 29.6 Å². The molecule has 1 saturated carbocycles. The molecular formula is C26H34O4Si. The van der Waals surface area contributed by atoms with Gasteiger partial charge in [-0.2, -0.15) is 0 Å². The molecule has 0 unspecified atom stereocenters. The fourth-order valence-corrected chi connectivity index (χ4v) is 4.97.